The number of alkyl halides is 3. The summed E-state index contributed by atoms with van der Waals surface area (Å²) in [7, 11) is 0. The molecule has 0 fully saturated rings. The van der Waals surface area contributed by atoms with Gasteiger partial charge >= 0.3 is 6.18 Å². The lowest BCUT2D eigenvalue weighted by Crippen LogP contribution is -2.15. The van der Waals surface area contributed by atoms with Gasteiger partial charge in [-0.25, -0.2) is 0 Å². The molecular formula is C15H22F3NO2. The Morgan fingerprint density at radius 1 is 1.10 bits per heavy atom. The Balaban J connectivity index is 2.73. The zero-order valence-corrected chi connectivity index (χ0v) is 12.4. The van der Waals surface area contributed by atoms with E-state index < -0.39 is 11.7 Å². The lowest BCUT2D eigenvalue weighted by molar-refractivity contribution is -0.139. The first kappa shape index (κ1) is 17.8. The first-order valence-electron chi connectivity index (χ1n) is 7.10. The number of ether oxygens (including phenoxy) is 2. The summed E-state index contributed by atoms with van der Waals surface area (Å²) in [6.07, 6.45) is -3.56. The number of rotatable bonds is 9. The van der Waals surface area contributed by atoms with Crippen molar-refractivity contribution >= 4 is 0 Å². The molecule has 0 radical (unpaired) electrons. The standard InChI is InChI=1S/C15H22F3NO2/c1-3-7-20-8-9-21-14-6-5-12(11-19-4-2)10-13(14)15(16,17)18/h5-6,10,19H,3-4,7-9,11H2,1-2H3. The SMILES string of the molecule is CCCOCCOc1ccc(CNCC)cc1C(F)(F)F. The largest absolute Gasteiger partial charge is 0.491 e. The maximum absolute atomic E-state index is 13.0. The van der Waals surface area contributed by atoms with Crippen LogP contribution in [0.3, 0.4) is 0 Å². The lowest BCUT2D eigenvalue weighted by atomic mass is 10.1. The van der Waals surface area contributed by atoms with Crippen molar-refractivity contribution in [1.29, 1.82) is 0 Å². The van der Waals surface area contributed by atoms with Crippen LogP contribution in [0.2, 0.25) is 0 Å². The van der Waals surface area contributed by atoms with Crippen LogP contribution in [-0.2, 0) is 17.5 Å². The Bertz CT molecular complexity index is 422. The fourth-order valence-corrected chi connectivity index (χ4v) is 1.76. The predicted molar refractivity (Wildman–Crippen MR) is 75.4 cm³/mol. The second-order valence-corrected chi connectivity index (χ2v) is 4.57. The minimum Gasteiger partial charge on any atom is -0.491 e. The highest BCUT2D eigenvalue weighted by atomic mass is 19.4. The van der Waals surface area contributed by atoms with Gasteiger partial charge < -0.3 is 14.8 Å². The summed E-state index contributed by atoms with van der Waals surface area (Å²) in [6.45, 7) is 5.94. The van der Waals surface area contributed by atoms with Gasteiger partial charge in [0.15, 0.2) is 0 Å². The smallest absolute Gasteiger partial charge is 0.419 e. The summed E-state index contributed by atoms with van der Waals surface area (Å²) in [4.78, 5) is 0. The van der Waals surface area contributed by atoms with Gasteiger partial charge in [0.05, 0.1) is 12.2 Å². The zero-order chi connectivity index (χ0) is 15.7. The second kappa shape index (κ2) is 8.89. The van der Waals surface area contributed by atoms with Crippen LogP contribution in [0.4, 0.5) is 13.2 Å². The van der Waals surface area contributed by atoms with Crippen LogP contribution in [0.5, 0.6) is 5.75 Å². The summed E-state index contributed by atoms with van der Waals surface area (Å²) in [6, 6.07) is 4.14. The number of benzene rings is 1. The molecule has 1 aromatic carbocycles. The maximum atomic E-state index is 13.0. The molecule has 0 saturated carbocycles. The lowest BCUT2D eigenvalue weighted by Gasteiger charge is -2.15. The molecule has 0 spiro atoms. The quantitative estimate of drug-likeness (QED) is 0.707. The third kappa shape index (κ3) is 6.35. The molecule has 0 atom stereocenters. The molecule has 120 valence electrons. The highest BCUT2D eigenvalue weighted by molar-refractivity contribution is 5.39. The van der Waals surface area contributed by atoms with E-state index in [1.165, 1.54) is 6.07 Å². The molecular weight excluding hydrogens is 283 g/mol. The van der Waals surface area contributed by atoms with Gasteiger partial charge in [0, 0.05) is 13.2 Å². The van der Waals surface area contributed by atoms with E-state index in [9.17, 15) is 13.2 Å². The third-order valence-electron chi connectivity index (χ3n) is 2.76. The number of hydrogen-bond acceptors (Lipinski definition) is 3. The van der Waals surface area contributed by atoms with E-state index in [2.05, 4.69) is 5.32 Å². The van der Waals surface area contributed by atoms with Crippen molar-refractivity contribution in [3.63, 3.8) is 0 Å². The van der Waals surface area contributed by atoms with Gasteiger partial charge in [0.1, 0.15) is 12.4 Å². The highest BCUT2D eigenvalue weighted by Gasteiger charge is 2.34. The topological polar surface area (TPSA) is 30.5 Å². The molecule has 6 heteroatoms. The van der Waals surface area contributed by atoms with E-state index in [1.54, 1.807) is 6.07 Å². The first-order valence-corrected chi connectivity index (χ1v) is 7.10. The van der Waals surface area contributed by atoms with Gasteiger partial charge in [-0.1, -0.05) is 19.9 Å². The summed E-state index contributed by atoms with van der Waals surface area (Å²) in [5.74, 6) is -0.150. The van der Waals surface area contributed by atoms with Gasteiger partial charge in [-0.3, -0.25) is 0 Å². The second-order valence-electron chi connectivity index (χ2n) is 4.57. The fraction of sp³-hybridized carbons (Fsp3) is 0.600. The van der Waals surface area contributed by atoms with Crippen LogP contribution in [0, 0.1) is 0 Å². The molecule has 0 amide bonds. The van der Waals surface area contributed by atoms with Gasteiger partial charge in [-0.05, 0) is 30.7 Å². The molecule has 1 rings (SSSR count). The van der Waals surface area contributed by atoms with Gasteiger partial charge in [0.25, 0.3) is 0 Å². The molecule has 0 aliphatic carbocycles. The zero-order valence-electron chi connectivity index (χ0n) is 12.4. The molecule has 0 bridgehead atoms. The molecule has 0 aliphatic rings. The van der Waals surface area contributed by atoms with Crippen LogP contribution in [-0.4, -0.2) is 26.4 Å². The number of hydrogen-bond donors (Lipinski definition) is 1. The summed E-state index contributed by atoms with van der Waals surface area (Å²) in [5.41, 5.74) is -0.160. The maximum Gasteiger partial charge on any atom is 0.419 e. The average Bonchev–Trinajstić information content (AvgIpc) is 2.44. The van der Waals surface area contributed by atoms with E-state index in [0.29, 0.717) is 25.3 Å². The Morgan fingerprint density at radius 2 is 1.86 bits per heavy atom. The van der Waals surface area contributed by atoms with Crippen LogP contribution in [0.1, 0.15) is 31.4 Å². The molecule has 1 aromatic rings. The van der Waals surface area contributed by atoms with Crippen molar-refractivity contribution in [3.05, 3.63) is 29.3 Å². The van der Waals surface area contributed by atoms with Crippen molar-refractivity contribution in [1.82, 2.24) is 5.32 Å². The van der Waals surface area contributed by atoms with E-state index >= 15 is 0 Å². The number of nitrogens with one attached hydrogen (secondary N) is 1. The van der Waals surface area contributed by atoms with E-state index in [0.717, 1.165) is 12.5 Å². The van der Waals surface area contributed by atoms with Crippen LogP contribution >= 0.6 is 0 Å². The summed E-state index contributed by atoms with van der Waals surface area (Å²) in [5, 5.41) is 3.00. The minimum absolute atomic E-state index is 0.107. The molecule has 21 heavy (non-hydrogen) atoms. The summed E-state index contributed by atoms with van der Waals surface area (Å²) >= 11 is 0. The molecule has 3 nitrogen and oxygen atoms in total. The van der Waals surface area contributed by atoms with Crippen molar-refractivity contribution in [2.75, 3.05) is 26.4 Å². The number of halogens is 3. The van der Waals surface area contributed by atoms with E-state index in [-0.39, 0.29) is 19.0 Å². The Kier molecular flexibility index (Phi) is 7.53. The molecule has 0 saturated heterocycles. The van der Waals surface area contributed by atoms with Crippen LogP contribution < -0.4 is 10.1 Å². The minimum atomic E-state index is -4.43. The molecule has 0 aliphatic heterocycles. The third-order valence-corrected chi connectivity index (χ3v) is 2.76. The predicted octanol–water partition coefficient (Wildman–Crippen LogP) is 3.62. The Labute approximate surface area is 123 Å². The molecule has 1 N–H and O–H groups in total. The normalized spacial score (nSPS) is 11.7. The molecule has 0 heterocycles. The van der Waals surface area contributed by atoms with E-state index in [4.69, 9.17) is 9.47 Å². The summed E-state index contributed by atoms with van der Waals surface area (Å²) < 4.78 is 49.5. The van der Waals surface area contributed by atoms with Crippen molar-refractivity contribution in [2.24, 2.45) is 0 Å². The average molecular weight is 305 g/mol. The molecule has 0 aromatic heterocycles. The Hall–Kier alpha value is -1.27. The first-order chi connectivity index (χ1) is 9.99. The van der Waals surface area contributed by atoms with Gasteiger partial charge in [0.2, 0.25) is 0 Å². The van der Waals surface area contributed by atoms with Crippen molar-refractivity contribution < 1.29 is 22.6 Å². The van der Waals surface area contributed by atoms with E-state index in [1.807, 2.05) is 13.8 Å². The highest BCUT2D eigenvalue weighted by Crippen LogP contribution is 2.36. The molecule has 0 unspecified atom stereocenters. The fourth-order valence-electron chi connectivity index (χ4n) is 1.76. The Morgan fingerprint density at radius 3 is 2.48 bits per heavy atom. The van der Waals surface area contributed by atoms with Crippen molar-refractivity contribution in [2.45, 2.75) is 33.0 Å². The van der Waals surface area contributed by atoms with Crippen molar-refractivity contribution in [3.8, 4) is 5.75 Å². The van der Waals surface area contributed by atoms with Gasteiger partial charge in [-0.2, -0.15) is 13.2 Å². The van der Waals surface area contributed by atoms with Crippen LogP contribution in [0.25, 0.3) is 0 Å². The van der Waals surface area contributed by atoms with Crippen LogP contribution in [0.15, 0.2) is 18.2 Å². The van der Waals surface area contributed by atoms with Gasteiger partial charge in [-0.15, -0.1) is 0 Å². The monoisotopic (exact) mass is 305 g/mol.